The van der Waals surface area contributed by atoms with Gasteiger partial charge in [0.05, 0.1) is 17.3 Å². The van der Waals surface area contributed by atoms with Crippen molar-refractivity contribution >= 4 is 23.4 Å². The van der Waals surface area contributed by atoms with Gasteiger partial charge in [-0.2, -0.15) is 0 Å². The Morgan fingerprint density at radius 3 is 2.71 bits per heavy atom. The molecule has 2 aromatic rings. The van der Waals surface area contributed by atoms with Gasteiger partial charge in [-0.05, 0) is 58.7 Å². The van der Waals surface area contributed by atoms with Gasteiger partial charge in [-0.3, -0.25) is 19.3 Å². The van der Waals surface area contributed by atoms with Gasteiger partial charge >= 0.3 is 0 Å². The second-order valence-corrected chi connectivity index (χ2v) is 8.68. The molecule has 3 amide bonds. The molecule has 1 fully saturated rings. The fourth-order valence-electron chi connectivity index (χ4n) is 4.91. The van der Waals surface area contributed by atoms with Crippen molar-refractivity contribution in [2.24, 2.45) is 0 Å². The molecule has 2 aliphatic heterocycles. The zero-order chi connectivity index (χ0) is 22.3. The SMILES string of the molecule is Cc1cc(C(C)NC(=O)CCCN2C(=O)c3ccccc3N3C(=O)CCC23C)c(C)o1. The van der Waals surface area contributed by atoms with Gasteiger partial charge in [-0.15, -0.1) is 0 Å². The standard InChI is InChI=1S/C24H29N3O4/c1-15-14-19(17(3)31-15)16(2)25-21(28)10-7-13-26-23(30)18-8-5-6-9-20(18)27-22(29)11-12-24(26,27)4/h5-6,8-9,14,16H,7,10-13H2,1-4H3,(H,25,28). The topological polar surface area (TPSA) is 82.9 Å². The summed E-state index contributed by atoms with van der Waals surface area (Å²) >= 11 is 0. The number of rotatable bonds is 6. The number of hydrogen-bond donors (Lipinski definition) is 1. The van der Waals surface area contributed by atoms with Gasteiger partial charge in [0.25, 0.3) is 5.91 Å². The molecule has 2 atom stereocenters. The summed E-state index contributed by atoms with van der Waals surface area (Å²) in [5.41, 5.74) is 1.52. The molecular weight excluding hydrogens is 394 g/mol. The van der Waals surface area contributed by atoms with Crippen LogP contribution in [0.5, 0.6) is 0 Å². The van der Waals surface area contributed by atoms with E-state index in [2.05, 4.69) is 5.32 Å². The zero-order valence-corrected chi connectivity index (χ0v) is 18.5. The third kappa shape index (κ3) is 3.62. The van der Waals surface area contributed by atoms with E-state index in [0.29, 0.717) is 43.5 Å². The van der Waals surface area contributed by atoms with Crippen LogP contribution in [0.3, 0.4) is 0 Å². The number of amides is 3. The second-order valence-electron chi connectivity index (χ2n) is 8.68. The smallest absolute Gasteiger partial charge is 0.257 e. The number of anilines is 1. The van der Waals surface area contributed by atoms with E-state index in [1.807, 2.05) is 52.0 Å². The minimum atomic E-state index is -0.683. The van der Waals surface area contributed by atoms with Gasteiger partial charge in [0.2, 0.25) is 11.8 Å². The summed E-state index contributed by atoms with van der Waals surface area (Å²) < 4.78 is 5.55. The quantitative estimate of drug-likeness (QED) is 0.765. The van der Waals surface area contributed by atoms with Crippen molar-refractivity contribution in [3.63, 3.8) is 0 Å². The highest BCUT2D eigenvalue weighted by molar-refractivity contribution is 6.10. The minimum Gasteiger partial charge on any atom is -0.466 e. The molecule has 7 nitrogen and oxygen atoms in total. The van der Waals surface area contributed by atoms with E-state index >= 15 is 0 Å². The average molecular weight is 424 g/mol. The molecule has 0 saturated carbocycles. The monoisotopic (exact) mass is 423 g/mol. The van der Waals surface area contributed by atoms with Crippen LogP contribution in [0, 0.1) is 13.8 Å². The summed E-state index contributed by atoms with van der Waals surface area (Å²) in [6, 6.07) is 9.06. The summed E-state index contributed by atoms with van der Waals surface area (Å²) in [7, 11) is 0. The molecule has 3 heterocycles. The molecule has 0 spiro atoms. The van der Waals surface area contributed by atoms with Crippen molar-refractivity contribution in [2.75, 3.05) is 11.4 Å². The van der Waals surface area contributed by atoms with Crippen molar-refractivity contribution < 1.29 is 18.8 Å². The maximum absolute atomic E-state index is 13.2. The van der Waals surface area contributed by atoms with E-state index in [-0.39, 0.29) is 23.8 Å². The van der Waals surface area contributed by atoms with E-state index < -0.39 is 5.66 Å². The number of nitrogens with zero attached hydrogens (tertiary/aromatic N) is 2. The Hall–Kier alpha value is -3.09. The maximum Gasteiger partial charge on any atom is 0.257 e. The van der Waals surface area contributed by atoms with E-state index in [1.165, 1.54) is 0 Å². The van der Waals surface area contributed by atoms with Crippen LogP contribution in [0.1, 0.15) is 73.0 Å². The van der Waals surface area contributed by atoms with Crippen molar-refractivity contribution in [3.05, 3.63) is 53.0 Å². The van der Waals surface area contributed by atoms with Crippen LogP contribution in [0.2, 0.25) is 0 Å². The van der Waals surface area contributed by atoms with Crippen molar-refractivity contribution in [1.82, 2.24) is 10.2 Å². The average Bonchev–Trinajstić information content (AvgIpc) is 3.22. The van der Waals surface area contributed by atoms with Crippen LogP contribution < -0.4 is 10.2 Å². The molecule has 1 aromatic carbocycles. The molecule has 0 bridgehead atoms. The normalized spacial score (nSPS) is 21.2. The third-order valence-electron chi connectivity index (χ3n) is 6.45. The molecule has 2 unspecified atom stereocenters. The summed E-state index contributed by atoms with van der Waals surface area (Å²) in [6.45, 7) is 8.07. The lowest BCUT2D eigenvalue weighted by Gasteiger charge is -2.48. The van der Waals surface area contributed by atoms with Crippen LogP contribution >= 0.6 is 0 Å². The number of benzene rings is 1. The number of aryl methyl sites for hydroxylation is 2. The third-order valence-corrected chi connectivity index (χ3v) is 6.45. The van der Waals surface area contributed by atoms with Crippen LogP contribution in [0.25, 0.3) is 0 Å². The summed E-state index contributed by atoms with van der Waals surface area (Å²) in [6.07, 6.45) is 1.83. The summed E-state index contributed by atoms with van der Waals surface area (Å²) in [5.74, 6) is 1.51. The molecule has 31 heavy (non-hydrogen) atoms. The van der Waals surface area contributed by atoms with Crippen molar-refractivity contribution in [2.45, 2.75) is 65.1 Å². The van der Waals surface area contributed by atoms with Gasteiger partial charge < -0.3 is 14.6 Å². The number of furan rings is 1. The van der Waals surface area contributed by atoms with Crippen LogP contribution in [-0.4, -0.2) is 34.8 Å². The Kier molecular flexibility index (Phi) is 5.37. The Bertz CT molecular complexity index is 1040. The predicted octanol–water partition coefficient (Wildman–Crippen LogP) is 3.85. The first-order valence-corrected chi connectivity index (χ1v) is 10.8. The molecule has 1 saturated heterocycles. The van der Waals surface area contributed by atoms with Crippen LogP contribution in [0.15, 0.2) is 34.7 Å². The van der Waals surface area contributed by atoms with E-state index in [4.69, 9.17) is 4.42 Å². The molecule has 0 radical (unpaired) electrons. The molecule has 7 heteroatoms. The van der Waals surface area contributed by atoms with Gasteiger partial charge in [0.1, 0.15) is 17.2 Å². The lowest BCUT2D eigenvalue weighted by Crippen LogP contribution is -2.62. The lowest BCUT2D eigenvalue weighted by atomic mass is 9.98. The number of hydrogen-bond acceptors (Lipinski definition) is 4. The van der Waals surface area contributed by atoms with E-state index in [0.717, 1.165) is 17.1 Å². The van der Waals surface area contributed by atoms with Crippen molar-refractivity contribution in [3.8, 4) is 0 Å². The number of para-hydroxylation sites is 1. The maximum atomic E-state index is 13.2. The van der Waals surface area contributed by atoms with Gasteiger partial charge in [-0.1, -0.05) is 12.1 Å². The summed E-state index contributed by atoms with van der Waals surface area (Å²) in [5, 5.41) is 3.01. The largest absolute Gasteiger partial charge is 0.466 e. The number of carbonyl (C=O) groups is 3. The highest BCUT2D eigenvalue weighted by atomic mass is 16.3. The van der Waals surface area contributed by atoms with Gasteiger partial charge in [0.15, 0.2) is 0 Å². The molecule has 2 aliphatic rings. The lowest BCUT2D eigenvalue weighted by molar-refractivity contribution is -0.122. The number of nitrogens with one attached hydrogen (secondary N) is 1. The van der Waals surface area contributed by atoms with E-state index in [1.54, 1.807) is 15.9 Å². The van der Waals surface area contributed by atoms with E-state index in [9.17, 15) is 14.4 Å². The Morgan fingerprint density at radius 1 is 1.26 bits per heavy atom. The molecule has 1 N–H and O–H groups in total. The second kappa shape index (κ2) is 7.87. The Morgan fingerprint density at radius 2 is 2.00 bits per heavy atom. The minimum absolute atomic E-state index is 0.0322. The molecule has 164 valence electrons. The predicted molar refractivity (Wildman–Crippen MR) is 117 cm³/mol. The van der Waals surface area contributed by atoms with Gasteiger partial charge in [-0.25, -0.2) is 0 Å². The fourth-order valence-corrected chi connectivity index (χ4v) is 4.91. The Labute approximate surface area is 182 Å². The first-order valence-electron chi connectivity index (χ1n) is 10.8. The fraction of sp³-hybridized carbons (Fsp3) is 0.458. The van der Waals surface area contributed by atoms with Crippen molar-refractivity contribution in [1.29, 1.82) is 0 Å². The number of fused-ring (bicyclic) bond motifs is 3. The molecule has 4 rings (SSSR count). The zero-order valence-electron chi connectivity index (χ0n) is 18.5. The van der Waals surface area contributed by atoms with Crippen LogP contribution in [-0.2, 0) is 9.59 Å². The number of carbonyl (C=O) groups excluding carboxylic acids is 3. The van der Waals surface area contributed by atoms with Gasteiger partial charge in [0, 0.05) is 24.9 Å². The first kappa shape index (κ1) is 21.2. The summed E-state index contributed by atoms with van der Waals surface area (Å²) in [4.78, 5) is 41.9. The Balaban J connectivity index is 1.42. The highest BCUT2D eigenvalue weighted by Crippen LogP contribution is 2.44. The first-order chi connectivity index (χ1) is 14.7. The molecule has 1 aromatic heterocycles. The highest BCUT2D eigenvalue weighted by Gasteiger charge is 2.52. The van der Waals surface area contributed by atoms with Crippen LogP contribution in [0.4, 0.5) is 5.69 Å². The molecular formula is C24H29N3O4. The molecule has 0 aliphatic carbocycles.